The van der Waals surface area contributed by atoms with E-state index in [0.717, 1.165) is 25.0 Å². The van der Waals surface area contributed by atoms with Crippen LogP contribution in [0.25, 0.3) is 0 Å². The Bertz CT molecular complexity index is 979. The Balaban J connectivity index is 1.62. The second-order valence-corrected chi connectivity index (χ2v) is 6.80. The van der Waals surface area contributed by atoms with Gasteiger partial charge in [-0.15, -0.1) is 0 Å². The molecule has 3 rings (SSSR count). The number of nitrogens with zero attached hydrogens (tertiary/aromatic N) is 4. The van der Waals surface area contributed by atoms with Crippen molar-refractivity contribution in [1.82, 2.24) is 15.3 Å². The van der Waals surface area contributed by atoms with Gasteiger partial charge in [0.15, 0.2) is 11.5 Å². The number of anilines is 1. The first kappa shape index (κ1) is 23.0. The molecule has 1 aliphatic rings. The topological polar surface area (TPSA) is 138 Å². The molecular formula is C20H25N5O7. The van der Waals surface area contributed by atoms with Crippen molar-refractivity contribution in [3.63, 3.8) is 0 Å². The van der Waals surface area contributed by atoms with Gasteiger partial charge in [-0.25, -0.2) is 4.98 Å². The van der Waals surface area contributed by atoms with E-state index in [1.807, 2.05) is 0 Å². The molecule has 1 amide bonds. The number of carbonyl (C=O) groups is 1. The fourth-order valence-electron chi connectivity index (χ4n) is 3.17. The Kier molecular flexibility index (Phi) is 7.60. The molecule has 0 unspecified atom stereocenters. The summed E-state index contributed by atoms with van der Waals surface area (Å²) >= 11 is 0. The molecule has 0 saturated carbocycles. The third-order valence-electron chi connectivity index (χ3n) is 4.72. The van der Waals surface area contributed by atoms with E-state index >= 15 is 0 Å². The van der Waals surface area contributed by atoms with Gasteiger partial charge in [0.05, 0.1) is 45.0 Å². The van der Waals surface area contributed by atoms with Crippen molar-refractivity contribution >= 4 is 17.4 Å². The lowest BCUT2D eigenvalue weighted by molar-refractivity contribution is -0.385. The van der Waals surface area contributed by atoms with E-state index in [2.05, 4.69) is 20.2 Å². The number of morpholine rings is 1. The molecule has 172 valence electrons. The zero-order valence-corrected chi connectivity index (χ0v) is 18.1. The summed E-state index contributed by atoms with van der Waals surface area (Å²) in [6.07, 6.45) is 0. The molecule has 1 aliphatic heterocycles. The number of ether oxygens (including phenoxy) is 4. The zero-order valence-electron chi connectivity index (χ0n) is 18.1. The van der Waals surface area contributed by atoms with Crippen LogP contribution in [0.1, 0.15) is 16.2 Å². The lowest BCUT2D eigenvalue weighted by Gasteiger charge is -2.28. The van der Waals surface area contributed by atoms with Crippen molar-refractivity contribution in [2.75, 3.05) is 58.6 Å². The third kappa shape index (κ3) is 5.52. The van der Waals surface area contributed by atoms with Crippen LogP contribution in [-0.2, 0) is 4.74 Å². The lowest BCUT2D eigenvalue weighted by Crippen LogP contribution is -2.37. The quantitative estimate of drug-likeness (QED) is 0.340. The highest BCUT2D eigenvalue weighted by atomic mass is 16.6. The number of benzene rings is 1. The minimum Gasteiger partial charge on any atom is -0.493 e. The Morgan fingerprint density at radius 3 is 2.53 bits per heavy atom. The lowest BCUT2D eigenvalue weighted by atomic mass is 10.1. The molecule has 0 spiro atoms. The van der Waals surface area contributed by atoms with Gasteiger partial charge in [-0.1, -0.05) is 0 Å². The fourth-order valence-corrected chi connectivity index (χ4v) is 3.17. The minimum atomic E-state index is -0.649. The molecule has 1 aromatic heterocycles. The second kappa shape index (κ2) is 10.6. The number of amides is 1. The summed E-state index contributed by atoms with van der Waals surface area (Å²) in [7, 11) is 2.74. The van der Waals surface area contributed by atoms with Crippen molar-refractivity contribution in [1.29, 1.82) is 0 Å². The third-order valence-corrected chi connectivity index (χ3v) is 4.72. The number of rotatable bonds is 9. The molecule has 2 heterocycles. The standard InChI is InChI=1S/C20H25N5O7/c1-13-22-18(24-5-8-31-9-6-24)12-19(23-13)32-7-4-21-20(26)14-10-16(29-2)17(30-3)11-15(14)25(27)28/h10-12H,4-9H2,1-3H3,(H,21,26). The molecule has 32 heavy (non-hydrogen) atoms. The monoisotopic (exact) mass is 447 g/mol. The van der Waals surface area contributed by atoms with Crippen molar-refractivity contribution in [2.45, 2.75) is 6.92 Å². The second-order valence-electron chi connectivity index (χ2n) is 6.80. The number of methoxy groups -OCH3 is 2. The van der Waals surface area contributed by atoms with Gasteiger partial charge in [0.2, 0.25) is 5.88 Å². The van der Waals surface area contributed by atoms with Crippen molar-refractivity contribution in [2.24, 2.45) is 0 Å². The summed E-state index contributed by atoms with van der Waals surface area (Å²) in [6.45, 7) is 4.73. The number of aryl methyl sites for hydroxylation is 1. The highest BCUT2D eigenvalue weighted by Crippen LogP contribution is 2.34. The number of aromatic nitrogens is 2. The van der Waals surface area contributed by atoms with Gasteiger partial charge >= 0.3 is 0 Å². The van der Waals surface area contributed by atoms with Gasteiger partial charge < -0.3 is 29.2 Å². The van der Waals surface area contributed by atoms with Gasteiger partial charge in [-0.3, -0.25) is 14.9 Å². The molecule has 1 N–H and O–H groups in total. The maximum absolute atomic E-state index is 12.6. The highest BCUT2D eigenvalue weighted by molar-refractivity contribution is 5.99. The smallest absolute Gasteiger partial charge is 0.286 e. The molecule has 12 heteroatoms. The molecule has 1 aromatic carbocycles. The van der Waals surface area contributed by atoms with Gasteiger partial charge in [-0.05, 0) is 6.92 Å². The highest BCUT2D eigenvalue weighted by Gasteiger charge is 2.24. The molecule has 1 fully saturated rings. The molecule has 1 saturated heterocycles. The van der Waals surface area contributed by atoms with E-state index in [-0.39, 0.29) is 35.9 Å². The van der Waals surface area contributed by atoms with Gasteiger partial charge in [0, 0.05) is 25.2 Å². The van der Waals surface area contributed by atoms with Crippen LogP contribution >= 0.6 is 0 Å². The summed E-state index contributed by atoms with van der Waals surface area (Å²) in [5.41, 5.74) is -0.525. The van der Waals surface area contributed by atoms with Gasteiger partial charge in [0.25, 0.3) is 11.6 Å². The van der Waals surface area contributed by atoms with E-state index in [0.29, 0.717) is 24.9 Å². The number of nitro benzene ring substituents is 1. The Labute approximate surface area is 184 Å². The molecule has 0 radical (unpaired) electrons. The maximum atomic E-state index is 12.6. The van der Waals surface area contributed by atoms with Crippen molar-refractivity contribution in [3.8, 4) is 17.4 Å². The van der Waals surface area contributed by atoms with Crippen LogP contribution < -0.4 is 24.4 Å². The van der Waals surface area contributed by atoms with Crippen molar-refractivity contribution < 1.29 is 28.7 Å². The van der Waals surface area contributed by atoms with E-state index in [1.165, 1.54) is 20.3 Å². The van der Waals surface area contributed by atoms with E-state index < -0.39 is 10.8 Å². The van der Waals surface area contributed by atoms with E-state index in [1.54, 1.807) is 13.0 Å². The Morgan fingerprint density at radius 2 is 1.88 bits per heavy atom. The van der Waals surface area contributed by atoms with Crippen LogP contribution in [0.3, 0.4) is 0 Å². The molecular weight excluding hydrogens is 422 g/mol. The summed E-state index contributed by atoms with van der Waals surface area (Å²) in [5.74, 6) is 1.44. The van der Waals surface area contributed by atoms with Crippen LogP contribution in [0.15, 0.2) is 18.2 Å². The first-order valence-electron chi connectivity index (χ1n) is 9.92. The largest absolute Gasteiger partial charge is 0.493 e. The predicted molar refractivity (Wildman–Crippen MR) is 114 cm³/mol. The van der Waals surface area contributed by atoms with E-state index in [4.69, 9.17) is 18.9 Å². The first-order valence-corrected chi connectivity index (χ1v) is 9.92. The number of hydrogen-bond acceptors (Lipinski definition) is 10. The van der Waals surface area contributed by atoms with Crippen LogP contribution in [0.2, 0.25) is 0 Å². The van der Waals surface area contributed by atoms with Gasteiger partial charge in [-0.2, -0.15) is 4.98 Å². The normalized spacial score (nSPS) is 13.4. The summed E-state index contributed by atoms with van der Waals surface area (Å²) in [6, 6.07) is 4.16. The SMILES string of the molecule is COc1cc(C(=O)NCCOc2cc(N3CCOCC3)nc(C)n2)c([N+](=O)[O-])cc1OC. The summed E-state index contributed by atoms with van der Waals surface area (Å²) in [4.78, 5) is 34.1. The predicted octanol–water partition coefficient (Wildman–Crippen LogP) is 1.36. The zero-order chi connectivity index (χ0) is 23.1. The molecule has 12 nitrogen and oxygen atoms in total. The summed E-state index contributed by atoms with van der Waals surface area (Å²) < 4.78 is 21.2. The average Bonchev–Trinajstić information content (AvgIpc) is 2.80. The van der Waals surface area contributed by atoms with E-state index in [9.17, 15) is 14.9 Å². The van der Waals surface area contributed by atoms with Crippen molar-refractivity contribution in [3.05, 3.63) is 39.7 Å². The minimum absolute atomic E-state index is 0.111. The maximum Gasteiger partial charge on any atom is 0.286 e. The number of nitro groups is 1. The van der Waals surface area contributed by atoms with Crippen LogP contribution in [-0.4, -0.2) is 74.5 Å². The van der Waals surface area contributed by atoms with Crippen LogP contribution in [0.5, 0.6) is 17.4 Å². The van der Waals surface area contributed by atoms with Crippen LogP contribution in [0.4, 0.5) is 11.5 Å². The molecule has 2 aromatic rings. The average molecular weight is 447 g/mol. The first-order chi connectivity index (χ1) is 15.4. The Hall–Kier alpha value is -3.67. The fraction of sp³-hybridized carbons (Fsp3) is 0.450. The summed E-state index contributed by atoms with van der Waals surface area (Å²) in [5, 5.41) is 14.0. The molecule has 0 bridgehead atoms. The van der Waals surface area contributed by atoms with Crippen LogP contribution in [0, 0.1) is 17.0 Å². The van der Waals surface area contributed by atoms with Gasteiger partial charge in [0.1, 0.15) is 23.8 Å². The number of nitrogens with one attached hydrogen (secondary N) is 1. The molecule has 0 atom stereocenters. The number of hydrogen-bond donors (Lipinski definition) is 1. The number of carbonyl (C=O) groups excluding carboxylic acids is 1. The molecule has 0 aliphatic carbocycles. The Morgan fingerprint density at radius 1 is 1.19 bits per heavy atom.